The minimum atomic E-state index is -4.39. The molecule has 2 aromatic rings. The Morgan fingerprint density at radius 2 is 1.66 bits per heavy atom. The third-order valence-corrected chi connectivity index (χ3v) is 11.2. The number of esters is 1. The summed E-state index contributed by atoms with van der Waals surface area (Å²) >= 11 is 2.91. The lowest BCUT2D eigenvalue weighted by Gasteiger charge is -2.36. The van der Waals surface area contributed by atoms with Crippen LogP contribution in [0.3, 0.4) is 0 Å². The van der Waals surface area contributed by atoms with Crippen molar-refractivity contribution in [3.63, 3.8) is 0 Å². The SMILES string of the molecule is CCOP(CCN1CCN(CCC(CSc2ccccc2)Nc2ccc(SNC)cc2SC(F)(F)F)CC1)OCOC(=O)C(C)(C)C. The molecule has 1 aliphatic rings. The number of nitrogens with one attached hydrogen (secondary N) is 2. The minimum absolute atomic E-state index is 0.0343. The Balaban J connectivity index is 1.54. The molecule has 47 heavy (non-hydrogen) atoms. The molecule has 0 radical (unpaired) electrons. The molecule has 2 aromatic carbocycles. The fourth-order valence-corrected chi connectivity index (χ4v) is 8.13. The second-order valence-corrected chi connectivity index (χ2v) is 16.8. The zero-order chi connectivity index (χ0) is 34.3. The first kappa shape index (κ1) is 40.2. The molecule has 15 heteroatoms. The van der Waals surface area contributed by atoms with Crippen molar-refractivity contribution in [1.29, 1.82) is 0 Å². The smallest absolute Gasteiger partial charge is 0.438 e. The van der Waals surface area contributed by atoms with Gasteiger partial charge in [-0.15, -0.1) is 11.8 Å². The Morgan fingerprint density at radius 1 is 0.979 bits per heavy atom. The summed E-state index contributed by atoms with van der Waals surface area (Å²) in [6, 6.07) is 15.2. The fourth-order valence-electron chi connectivity index (χ4n) is 4.61. The van der Waals surface area contributed by atoms with Crippen molar-refractivity contribution < 1.29 is 31.8 Å². The van der Waals surface area contributed by atoms with E-state index in [0.29, 0.717) is 12.3 Å². The number of carbonyl (C=O) groups excluding carboxylic acids is 1. The maximum Gasteiger partial charge on any atom is 0.446 e. The van der Waals surface area contributed by atoms with Gasteiger partial charge in [0.1, 0.15) is 0 Å². The van der Waals surface area contributed by atoms with E-state index in [1.807, 2.05) is 31.2 Å². The average molecular weight is 737 g/mol. The van der Waals surface area contributed by atoms with E-state index >= 15 is 0 Å². The largest absolute Gasteiger partial charge is 0.446 e. The summed E-state index contributed by atoms with van der Waals surface area (Å²) in [4.78, 5) is 18.9. The molecule has 0 saturated carbocycles. The zero-order valence-electron chi connectivity index (χ0n) is 27.8. The maximum atomic E-state index is 13.5. The molecule has 2 N–H and O–H groups in total. The number of nitrogens with zero attached hydrogens (tertiary/aromatic N) is 2. The van der Waals surface area contributed by atoms with E-state index in [1.165, 1.54) is 11.9 Å². The van der Waals surface area contributed by atoms with E-state index in [4.69, 9.17) is 13.8 Å². The van der Waals surface area contributed by atoms with Crippen molar-refractivity contribution in [3.05, 3.63) is 48.5 Å². The first-order valence-electron chi connectivity index (χ1n) is 15.7. The highest BCUT2D eigenvalue weighted by Crippen LogP contribution is 2.42. The van der Waals surface area contributed by atoms with E-state index < -0.39 is 19.3 Å². The van der Waals surface area contributed by atoms with Gasteiger partial charge in [0.25, 0.3) is 0 Å². The van der Waals surface area contributed by atoms with Crippen LogP contribution in [0.15, 0.2) is 63.2 Å². The Kier molecular flexibility index (Phi) is 17.5. The van der Waals surface area contributed by atoms with Crippen molar-refractivity contribution in [2.75, 3.05) is 76.9 Å². The van der Waals surface area contributed by atoms with Gasteiger partial charge in [-0.3, -0.25) is 14.0 Å². The first-order chi connectivity index (χ1) is 22.4. The molecule has 1 fully saturated rings. The summed E-state index contributed by atoms with van der Waals surface area (Å²) in [5.41, 5.74) is -4.47. The Bertz CT molecular complexity index is 1210. The number of ether oxygens (including phenoxy) is 1. The van der Waals surface area contributed by atoms with E-state index in [0.717, 1.165) is 67.4 Å². The first-order valence-corrected chi connectivity index (χ1v) is 19.7. The molecule has 0 spiro atoms. The van der Waals surface area contributed by atoms with E-state index in [2.05, 4.69) is 32.0 Å². The van der Waals surface area contributed by atoms with E-state index in [9.17, 15) is 18.0 Å². The number of benzene rings is 2. The highest BCUT2D eigenvalue weighted by molar-refractivity contribution is 8.00. The predicted octanol–water partition coefficient (Wildman–Crippen LogP) is 8.02. The van der Waals surface area contributed by atoms with Gasteiger partial charge >= 0.3 is 11.5 Å². The number of anilines is 1. The normalized spacial score (nSPS) is 16.2. The van der Waals surface area contributed by atoms with Gasteiger partial charge in [-0.25, -0.2) is 0 Å². The molecule has 2 unspecified atom stereocenters. The summed E-state index contributed by atoms with van der Waals surface area (Å²) in [7, 11) is 0.580. The Hall–Kier alpha value is -1.22. The summed E-state index contributed by atoms with van der Waals surface area (Å²) < 4.78 is 60.2. The van der Waals surface area contributed by atoms with Crippen LogP contribution < -0.4 is 10.0 Å². The van der Waals surface area contributed by atoms with Crippen molar-refractivity contribution in [2.45, 2.75) is 60.4 Å². The second kappa shape index (κ2) is 20.5. The van der Waals surface area contributed by atoms with Crippen LogP contribution in [0.1, 0.15) is 34.1 Å². The fraction of sp³-hybridized carbons (Fsp3) is 0.594. The Labute approximate surface area is 292 Å². The van der Waals surface area contributed by atoms with Crippen LogP contribution in [-0.4, -0.2) is 99.0 Å². The minimum Gasteiger partial charge on any atom is -0.438 e. The van der Waals surface area contributed by atoms with Gasteiger partial charge < -0.3 is 24.4 Å². The topological polar surface area (TPSA) is 75.3 Å². The summed E-state index contributed by atoms with van der Waals surface area (Å²) in [6.07, 6.45) is 1.52. The predicted molar refractivity (Wildman–Crippen MR) is 190 cm³/mol. The number of halogens is 3. The van der Waals surface area contributed by atoms with Gasteiger partial charge in [0.15, 0.2) is 15.2 Å². The molecule has 3 rings (SSSR count). The molecule has 1 aliphatic heterocycles. The Morgan fingerprint density at radius 3 is 2.28 bits per heavy atom. The second-order valence-electron chi connectivity index (χ2n) is 11.9. The van der Waals surface area contributed by atoms with Crippen LogP contribution in [-0.2, 0) is 18.6 Å². The monoisotopic (exact) mass is 736 g/mol. The highest BCUT2D eigenvalue weighted by Gasteiger charge is 2.31. The summed E-state index contributed by atoms with van der Waals surface area (Å²) in [6.45, 7) is 13.0. The van der Waals surface area contributed by atoms with E-state index in [1.54, 1.807) is 51.7 Å². The molecule has 1 saturated heterocycles. The number of rotatable bonds is 19. The number of hydrogen-bond acceptors (Lipinski definition) is 11. The lowest BCUT2D eigenvalue weighted by molar-refractivity contribution is -0.159. The lowest BCUT2D eigenvalue weighted by Crippen LogP contribution is -2.48. The average Bonchev–Trinajstić information content (AvgIpc) is 3.02. The van der Waals surface area contributed by atoms with Gasteiger partial charge in [0.2, 0.25) is 0 Å². The highest BCUT2D eigenvalue weighted by atomic mass is 32.2. The molecule has 2 atom stereocenters. The van der Waals surface area contributed by atoms with Crippen molar-refractivity contribution in [1.82, 2.24) is 14.5 Å². The van der Waals surface area contributed by atoms with Crippen LogP contribution in [0.4, 0.5) is 18.9 Å². The molecule has 0 amide bonds. The van der Waals surface area contributed by atoms with Crippen LogP contribution in [0.5, 0.6) is 0 Å². The third kappa shape index (κ3) is 15.9. The third-order valence-electron chi connectivity index (χ3n) is 7.08. The molecule has 0 aromatic heterocycles. The van der Waals surface area contributed by atoms with Crippen molar-refractivity contribution in [3.8, 4) is 0 Å². The summed E-state index contributed by atoms with van der Waals surface area (Å²) in [5, 5.41) is 3.47. The lowest BCUT2D eigenvalue weighted by atomic mass is 9.98. The van der Waals surface area contributed by atoms with Gasteiger partial charge in [-0.2, -0.15) is 13.2 Å². The molecule has 0 bridgehead atoms. The molecule has 264 valence electrons. The number of alkyl halides is 3. The zero-order valence-corrected chi connectivity index (χ0v) is 31.2. The van der Waals surface area contributed by atoms with Gasteiger partial charge in [-0.05, 0) is 95.2 Å². The van der Waals surface area contributed by atoms with Crippen LogP contribution in [0.2, 0.25) is 0 Å². The standard InChI is InChI=1S/C32H48F3N4O4PS3/c1-6-42-44(43-24-41-30(40)31(2,3)4)21-20-39-18-16-38(17-19-39)15-14-25(23-45-26-10-8-7-9-11-26)37-28-13-12-27(47-36-5)22-29(28)46-32(33,34)35/h7-13,22,25,36-37H,6,14-21,23-24H2,1-5H3. The molecule has 1 heterocycles. The molecular weight excluding hydrogens is 689 g/mol. The van der Waals surface area contributed by atoms with Crippen LogP contribution >= 0.6 is 43.8 Å². The molecule has 0 aliphatic carbocycles. The van der Waals surface area contributed by atoms with Gasteiger partial charge in [-0.1, -0.05) is 18.2 Å². The van der Waals surface area contributed by atoms with Crippen LogP contribution in [0.25, 0.3) is 0 Å². The van der Waals surface area contributed by atoms with E-state index in [-0.39, 0.29) is 35.5 Å². The quantitative estimate of drug-likeness (QED) is 0.0485. The van der Waals surface area contributed by atoms with Gasteiger partial charge in [0, 0.05) is 77.6 Å². The number of piperazine rings is 1. The van der Waals surface area contributed by atoms with Crippen LogP contribution in [0, 0.1) is 5.41 Å². The molecular formula is C32H48F3N4O4PS3. The van der Waals surface area contributed by atoms with Gasteiger partial charge in [0.05, 0.1) is 12.0 Å². The maximum absolute atomic E-state index is 13.5. The summed E-state index contributed by atoms with van der Waals surface area (Å²) in [5.74, 6) is 0.414. The molecule has 8 nitrogen and oxygen atoms in total. The van der Waals surface area contributed by atoms with Crippen molar-refractivity contribution in [2.24, 2.45) is 5.41 Å². The number of carbonyl (C=O) groups is 1. The number of thioether (sulfide) groups is 2. The van der Waals surface area contributed by atoms with Crippen molar-refractivity contribution >= 4 is 55.5 Å². The number of hydrogen-bond donors (Lipinski definition) is 2.